The molecule has 2 aromatic rings. The van der Waals surface area contributed by atoms with E-state index < -0.39 is 47.5 Å². The van der Waals surface area contributed by atoms with Crippen molar-refractivity contribution in [1.82, 2.24) is 10.3 Å². The van der Waals surface area contributed by atoms with E-state index in [4.69, 9.17) is 11.1 Å². The van der Waals surface area contributed by atoms with Gasteiger partial charge in [-0.1, -0.05) is 0 Å². The highest BCUT2D eigenvalue weighted by Gasteiger charge is 2.47. The number of rotatable bonds is 5. The third-order valence-electron chi connectivity index (χ3n) is 4.31. The van der Waals surface area contributed by atoms with Crippen molar-refractivity contribution in [2.24, 2.45) is 10.7 Å². The number of pyridine rings is 1. The maximum Gasteiger partial charge on any atom is 0.286 e. The van der Waals surface area contributed by atoms with E-state index in [1.165, 1.54) is 24.4 Å². The van der Waals surface area contributed by atoms with Crippen LogP contribution in [-0.2, 0) is 10.3 Å². The average Bonchev–Trinajstić information content (AvgIpc) is 2.71. The molecular weight excluding hydrogens is 389 g/mol. The summed E-state index contributed by atoms with van der Waals surface area (Å²) in [5.74, 6) is -3.18. The minimum atomic E-state index is -3.18. The van der Waals surface area contributed by atoms with Crippen LogP contribution in [0.2, 0.25) is 0 Å². The van der Waals surface area contributed by atoms with Gasteiger partial charge in [-0.05, 0) is 30.3 Å². The lowest BCUT2D eigenvalue weighted by atomic mass is 9.88. The molecule has 1 atom stereocenters. The van der Waals surface area contributed by atoms with Crippen molar-refractivity contribution in [3.63, 3.8) is 0 Å². The van der Waals surface area contributed by atoms with Crippen LogP contribution in [0.3, 0.4) is 0 Å². The zero-order valence-corrected chi connectivity index (χ0v) is 14.7. The number of carbonyl (C=O) groups is 2. The fourth-order valence-corrected chi connectivity index (χ4v) is 2.76. The molecular formula is C18H15F3N6O2. The summed E-state index contributed by atoms with van der Waals surface area (Å²) >= 11 is 0. The van der Waals surface area contributed by atoms with E-state index in [-0.39, 0.29) is 11.4 Å². The predicted octanol–water partition coefficient (Wildman–Crippen LogP) is 1.42. The fraction of sp³-hybridized carbons (Fsp3) is 0.167. The summed E-state index contributed by atoms with van der Waals surface area (Å²) in [6, 6.07) is 5.99. The zero-order valence-electron chi connectivity index (χ0n) is 14.7. The van der Waals surface area contributed by atoms with Crippen LogP contribution in [0.15, 0.2) is 41.5 Å². The van der Waals surface area contributed by atoms with Crippen molar-refractivity contribution < 1.29 is 22.8 Å². The number of aliphatic imine (C=N–C) groups is 1. The first-order chi connectivity index (χ1) is 13.8. The van der Waals surface area contributed by atoms with Crippen LogP contribution in [0.1, 0.15) is 21.6 Å². The number of nitrogens with two attached hydrogens (primary N) is 1. The van der Waals surface area contributed by atoms with Crippen molar-refractivity contribution in [2.45, 2.75) is 12.0 Å². The topological polar surface area (TPSA) is 133 Å². The van der Waals surface area contributed by atoms with Gasteiger partial charge in [0, 0.05) is 29.2 Å². The van der Waals surface area contributed by atoms with Crippen molar-refractivity contribution in [2.75, 3.05) is 11.9 Å². The molecule has 1 aliphatic heterocycles. The Balaban J connectivity index is 1.96. The summed E-state index contributed by atoms with van der Waals surface area (Å²) in [6.45, 7) is -0.662. The number of nitrogens with zero attached hydrogens (tertiary/aromatic N) is 2. The molecule has 8 nitrogen and oxygen atoms in total. The lowest BCUT2D eigenvalue weighted by molar-refractivity contribution is -0.116. The van der Waals surface area contributed by atoms with Gasteiger partial charge >= 0.3 is 0 Å². The van der Waals surface area contributed by atoms with Gasteiger partial charge in [0.2, 0.25) is 0 Å². The van der Waals surface area contributed by atoms with E-state index in [0.717, 1.165) is 18.3 Å². The van der Waals surface area contributed by atoms with Crippen LogP contribution >= 0.6 is 0 Å². The second-order valence-corrected chi connectivity index (χ2v) is 6.17. The number of halogens is 3. The Morgan fingerprint density at radius 3 is 2.69 bits per heavy atom. The highest BCUT2D eigenvalue weighted by atomic mass is 19.3. The molecule has 0 radical (unpaired) electrons. The summed E-state index contributed by atoms with van der Waals surface area (Å²) in [4.78, 5) is 31.2. The molecule has 0 aliphatic carbocycles. The Hall–Kier alpha value is -3.76. The number of hydrogen-bond donors (Lipinski definition) is 4. The minimum Gasteiger partial charge on any atom is -0.379 e. The predicted molar refractivity (Wildman–Crippen MR) is 98.8 cm³/mol. The highest BCUT2D eigenvalue weighted by Crippen LogP contribution is 2.37. The fourth-order valence-electron chi connectivity index (χ4n) is 2.76. The van der Waals surface area contributed by atoms with Gasteiger partial charge in [0.15, 0.2) is 11.4 Å². The Morgan fingerprint density at radius 1 is 1.34 bits per heavy atom. The number of amidine groups is 1. The van der Waals surface area contributed by atoms with Crippen molar-refractivity contribution >= 4 is 29.6 Å². The van der Waals surface area contributed by atoms with Gasteiger partial charge in [0.25, 0.3) is 18.2 Å². The summed E-state index contributed by atoms with van der Waals surface area (Å²) in [7, 11) is 0. The summed E-state index contributed by atoms with van der Waals surface area (Å²) in [6.07, 6.45) is -0.816. The van der Waals surface area contributed by atoms with Gasteiger partial charge in [-0.15, -0.1) is 0 Å². The van der Waals surface area contributed by atoms with E-state index in [9.17, 15) is 22.8 Å². The molecule has 3 rings (SSSR count). The molecule has 5 N–H and O–H groups in total. The van der Waals surface area contributed by atoms with E-state index in [1.54, 1.807) is 0 Å². The number of alkyl halides is 2. The maximum absolute atomic E-state index is 14.4. The molecule has 0 saturated heterocycles. The SMILES string of the molecule is N=Cc1ccc(C(=O)Nc2ccc(F)c(C3(C(F)F)CNC(=O)C(N)=N3)c2)nc1. The normalized spacial score (nSPS) is 18.8. The number of benzene rings is 1. The number of carbonyl (C=O) groups excluding carboxylic acids is 2. The summed E-state index contributed by atoms with van der Waals surface area (Å²) in [5.41, 5.74) is 2.95. The Bertz CT molecular complexity index is 1010. The standard InChI is InChI=1S/C18H15F3N6O2/c19-12-3-2-10(26-15(28)13-4-1-9(6-22)7-24-13)5-11(12)18(17(20)21)8-25-16(29)14(23)27-18/h1-7,17,22H,8H2,(H2,23,27)(H,25,29)(H,26,28). The molecule has 2 amide bonds. The van der Waals surface area contributed by atoms with Crippen LogP contribution in [0, 0.1) is 11.2 Å². The maximum atomic E-state index is 14.4. The molecule has 0 bridgehead atoms. The number of aromatic nitrogens is 1. The van der Waals surface area contributed by atoms with Gasteiger partial charge in [-0.3, -0.25) is 14.6 Å². The summed E-state index contributed by atoms with van der Waals surface area (Å²) in [5, 5.41) is 11.7. The molecule has 1 aliphatic rings. The summed E-state index contributed by atoms with van der Waals surface area (Å²) < 4.78 is 42.2. The molecule has 1 unspecified atom stereocenters. The number of nitrogens with one attached hydrogen (secondary N) is 3. The number of hydrogen-bond acceptors (Lipinski definition) is 6. The van der Waals surface area contributed by atoms with Crippen LogP contribution in [0.4, 0.5) is 18.9 Å². The molecule has 150 valence electrons. The van der Waals surface area contributed by atoms with Gasteiger partial charge in [-0.2, -0.15) is 0 Å². The third kappa shape index (κ3) is 3.79. The van der Waals surface area contributed by atoms with Crippen molar-refractivity contribution in [3.8, 4) is 0 Å². The molecule has 2 heterocycles. The zero-order chi connectivity index (χ0) is 21.2. The van der Waals surface area contributed by atoms with Crippen LogP contribution in [-0.4, -0.2) is 41.8 Å². The van der Waals surface area contributed by atoms with Crippen molar-refractivity contribution in [3.05, 3.63) is 59.2 Å². The molecule has 29 heavy (non-hydrogen) atoms. The van der Waals surface area contributed by atoms with Gasteiger partial charge < -0.3 is 21.8 Å². The first-order valence-electron chi connectivity index (χ1n) is 8.26. The minimum absolute atomic E-state index is 0.0113. The van der Waals surface area contributed by atoms with Crippen molar-refractivity contribution in [1.29, 1.82) is 5.41 Å². The Labute approximate surface area is 162 Å². The molecule has 1 aromatic heterocycles. The highest BCUT2D eigenvalue weighted by molar-refractivity contribution is 6.37. The van der Waals surface area contributed by atoms with Gasteiger partial charge in [0.1, 0.15) is 11.5 Å². The van der Waals surface area contributed by atoms with E-state index in [2.05, 4.69) is 20.6 Å². The van der Waals surface area contributed by atoms with E-state index in [0.29, 0.717) is 5.56 Å². The van der Waals surface area contributed by atoms with Gasteiger partial charge in [-0.25, -0.2) is 18.2 Å². The number of amides is 2. The molecule has 0 saturated carbocycles. The van der Waals surface area contributed by atoms with Gasteiger partial charge in [0.05, 0.1) is 6.54 Å². The Kier molecular flexibility index (Phi) is 5.31. The lowest BCUT2D eigenvalue weighted by Crippen LogP contribution is -2.54. The van der Waals surface area contributed by atoms with Crippen LogP contribution in [0.5, 0.6) is 0 Å². The van der Waals surface area contributed by atoms with E-state index in [1.807, 2.05) is 0 Å². The molecule has 0 spiro atoms. The first kappa shape index (κ1) is 20.0. The smallest absolute Gasteiger partial charge is 0.286 e. The van der Waals surface area contributed by atoms with Crippen LogP contribution < -0.4 is 16.4 Å². The molecule has 0 fully saturated rings. The second-order valence-electron chi connectivity index (χ2n) is 6.17. The Morgan fingerprint density at radius 2 is 2.10 bits per heavy atom. The number of anilines is 1. The first-order valence-corrected chi connectivity index (χ1v) is 8.26. The second kappa shape index (κ2) is 7.70. The molecule has 11 heteroatoms. The third-order valence-corrected chi connectivity index (χ3v) is 4.31. The lowest BCUT2D eigenvalue weighted by Gasteiger charge is -2.33. The average molecular weight is 404 g/mol. The molecule has 1 aromatic carbocycles. The van der Waals surface area contributed by atoms with Crippen LogP contribution in [0.25, 0.3) is 0 Å². The van der Waals surface area contributed by atoms with E-state index >= 15 is 0 Å². The monoisotopic (exact) mass is 404 g/mol. The largest absolute Gasteiger partial charge is 0.379 e. The quantitative estimate of drug-likeness (QED) is 0.561.